The minimum absolute atomic E-state index is 0.0521. The van der Waals surface area contributed by atoms with Gasteiger partial charge in [-0.15, -0.1) is 10.2 Å². The molecule has 2 rings (SSSR count). The first kappa shape index (κ1) is 14.4. The molecule has 0 unspecified atom stereocenters. The molecule has 4 nitrogen and oxygen atoms in total. The number of nitrogens with zero attached hydrogens (tertiary/aromatic N) is 2. The molecule has 1 amide bonds. The van der Waals surface area contributed by atoms with Crippen molar-refractivity contribution in [2.45, 2.75) is 26.2 Å². The fourth-order valence-corrected chi connectivity index (χ4v) is 2.50. The number of anilines is 1. The quantitative estimate of drug-likeness (QED) is 0.800. The molecule has 6 heteroatoms. The minimum Gasteiger partial charge on any atom is -0.296 e. The minimum atomic E-state index is -0.159. The Balaban J connectivity index is 2.11. The first-order valence-electron chi connectivity index (χ1n) is 5.77. The molecule has 0 radical (unpaired) electrons. The molecule has 0 bridgehead atoms. The van der Waals surface area contributed by atoms with E-state index in [2.05, 4.69) is 58.9 Å². The van der Waals surface area contributed by atoms with Gasteiger partial charge in [-0.2, -0.15) is 0 Å². The molecule has 0 saturated carbocycles. The summed E-state index contributed by atoms with van der Waals surface area (Å²) in [6.07, 6.45) is 0. The molecule has 0 saturated heterocycles. The average Bonchev–Trinajstić information content (AvgIpc) is 2.78. The van der Waals surface area contributed by atoms with E-state index in [1.165, 1.54) is 11.3 Å². The van der Waals surface area contributed by atoms with Crippen LogP contribution in [-0.4, -0.2) is 16.1 Å². The van der Waals surface area contributed by atoms with Crippen LogP contribution in [0.4, 0.5) is 5.13 Å². The lowest BCUT2D eigenvalue weighted by molar-refractivity contribution is 0.102. The number of carbonyl (C=O) groups is 1. The summed E-state index contributed by atoms with van der Waals surface area (Å²) in [5, 5.41) is 12.3. The van der Waals surface area contributed by atoms with Crippen LogP contribution in [0.2, 0.25) is 0 Å². The number of amides is 1. The van der Waals surface area contributed by atoms with Crippen molar-refractivity contribution in [3.63, 3.8) is 0 Å². The summed E-state index contributed by atoms with van der Waals surface area (Å²) in [5.41, 5.74) is 0.566. The van der Waals surface area contributed by atoms with Crippen molar-refractivity contribution >= 4 is 45.0 Å². The fourth-order valence-electron chi connectivity index (χ4n) is 1.35. The lowest BCUT2D eigenvalue weighted by Crippen LogP contribution is -2.11. The lowest BCUT2D eigenvalue weighted by atomic mass is 9.98. The second-order valence-electron chi connectivity index (χ2n) is 5.12. The number of benzene rings is 1. The van der Waals surface area contributed by atoms with Crippen molar-refractivity contribution in [2.75, 3.05) is 5.32 Å². The predicted octanol–water partition coefficient (Wildman–Crippen LogP) is 3.69. The molecule has 0 aliphatic carbocycles. The Labute approximate surface area is 129 Å². The van der Waals surface area contributed by atoms with Crippen LogP contribution < -0.4 is 5.32 Å². The number of halogens is 1. The van der Waals surface area contributed by atoms with Gasteiger partial charge in [0.2, 0.25) is 5.13 Å². The van der Waals surface area contributed by atoms with E-state index in [1.807, 2.05) is 12.1 Å². The van der Waals surface area contributed by atoms with E-state index in [0.29, 0.717) is 10.7 Å². The molecule has 0 spiro atoms. The van der Waals surface area contributed by atoms with Gasteiger partial charge in [0.05, 0.1) is 0 Å². The summed E-state index contributed by atoms with van der Waals surface area (Å²) in [7, 11) is 0. The van der Waals surface area contributed by atoms with Gasteiger partial charge < -0.3 is 0 Å². The predicted molar refractivity (Wildman–Crippen MR) is 85.7 cm³/mol. The summed E-state index contributed by atoms with van der Waals surface area (Å²) in [6, 6.07) is 7.39. The van der Waals surface area contributed by atoms with Gasteiger partial charge in [-0.3, -0.25) is 10.1 Å². The van der Waals surface area contributed by atoms with E-state index < -0.39 is 0 Å². The number of rotatable bonds is 2. The maximum atomic E-state index is 12.0. The zero-order chi connectivity index (χ0) is 14.0. The molecule has 0 atom stereocenters. The maximum absolute atomic E-state index is 12.0. The van der Waals surface area contributed by atoms with Gasteiger partial charge in [-0.05, 0) is 46.9 Å². The summed E-state index contributed by atoms with van der Waals surface area (Å²) >= 11 is 3.61. The van der Waals surface area contributed by atoms with E-state index in [4.69, 9.17) is 0 Å². The molecule has 2 aromatic rings. The van der Waals surface area contributed by atoms with E-state index in [0.717, 1.165) is 8.58 Å². The highest BCUT2D eigenvalue weighted by atomic mass is 127. The highest BCUT2D eigenvalue weighted by Crippen LogP contribution is 2.27. The van der Waals surface area contributed by atoms with Gasteiger partial charge in [0.25, 0.3) is 5.91 Å². The molecule has 0 aliphatic rings. The second kappa shape index (κ2) is 5.54. The molecule has 0 fully saturated rings. The smallest absolute Gasteiger partial charge is 0.257 e. The van der Waals surface area contributed by atoms with Crippen LogP contribution >= 0.6 is 33.9 Å². The van der Waals surface area contributed by atoms with Gasteiger partial charge in [-0.1, -0.05) is 32.1 Å². The first-order valence-corrected chi connectivity index (χ1v) is 7.67. The molecule has 100 valence electrons. The number of nitrogens with one attached hydrogen (secondary N) is 1. The van der Waals surface area contributed by atoms with Crippen molar-refractivity contribution in [3.8, 4) is 0 Å². The standard InChI is InChI=1S/C13H14IN3OS/c1-13(2,3)11-16-17-12(19-11)15-10(18)8-4-6-9(14)7-5-8/h4-7H,1-3H3,(H,15,17,18). The Morgan fingerprint density at radius 1 is 1.21 bits per heavy atom. The highest BCUT2D eigenvalue weighted by molar-refractivity contribution is 14.1. The Morgan fingerprint density at radius 2 is 1.84 bits per heavy atom. The third-order valence-corrected chi connectivity index (χ3v) is 4.38. The van der Waals surface area contributed by atoms with Crippen LogP contribution in [0, 0.1) is 3.57 Å². The van der Waals surface area contributed by atoms with Gasteiger partial charge in [0.15, 0.2) is 0 Å². The number of carbonyl (C=O) groups excluding carboxylic acids is 1. The number of hydrogen-bond donors (Lipinski definition) is 1. The molecular formula is C13H14IN3OS. The van der Waals surface area contributed by atoms with Crippen molar-refractivity contribution < 1.29 is 4.79 Å². The molecule has 1 N–H and O–H groups in total. The van der Waals surface area contributed by atoms with Crippen LogP contribution in [-0.2, 0) is 5.41 Å². The van der Waals surface area contributed by atoms with E-state index in [1.54, 1.807) is 12.1 Å². The van der Waals surface area contributed by atoms with Gasteiger partial charge >= 0.3 is 0 Å². The summed E-state index contributed by atoms with van der Waals surface area (Å²) < 4.78 is 1.10. The number of aromatic nitrogens is 2. The van der Waals surface area contributed by atoms with Crippen LogP contribution in [0.1, 0.15) is 36.1 Å². The van der Waals surface area contributed by atoms with E-state index in [9.17, 15) is 4.79 Å². The SMILES string of the molecule is CC(C)(C)c1nnc(NC(=O)c2ccc(I)cc2)s1. The van der Waals surface area contributed by atoms with E-state index >= 15 is 0 Å². The summed E-state index contributed by atoms with van der Waals surface area (Å²) in [6.45, 7) is 6.20. The zero-order valence-corrected chi connectivity index (χ0v) is 13.9. The Morgan fingerprint density at radius 3 is 2.37 bits per heavy atom. The van der Waals surface area contributed by atoms with Crippen LogP contribution in [0.5, 0.6) is 0 Å². The summed E-state index contributed by atoms with van der Waals surface area (Å²) in [4.78, 5) is 12.0. The molecular weight excluding hydrogens is 373 g/mol. The summed E-state index contributed by atoms with van der Waals surface area (Å²) in [5.74, 6) is -0.159. The van der Waals surface area contributed by atoms with Crippen LogP contribution in [0.3, 0.4) is 0 Å². The number of hydrogen-bond acceptors (Lipinski definition) is 4. The van der Waals surface area contributed by atoms with Crippen molar-refractivity contribution in [2.24, 2.45) is 0 Å². The van der Waals surface area contributed by atoms with Gasteiger partial charge in [0, 0.05) is 14.5 Å². The average molecular weight is 387 g/mol. The largest absolute Gasteiger partial charge is 0.296 e. The Hall–Kier alpha value is -1.02. The third-order valence-electron chi connectivity index (χ3n) is 2.39. The Kier molecular flexibility index (Phi) is 4.19. The van der Waals surface area contributed by atoms with Crippen molar-refractivity contribution in [1.29, 1.82) is 0 Å². The Bertz CT molecular complexity index is 587. The normalized spacial score (nSPS) is 11.4. The van der Waals surface area contributed by atoms with Crippen molar-refractivity contribution in [1.82, 2.24) is 10.2 Å². The molecule has 0 aliphatic heterocycles. The topological polar surface area (TPSA) is 54.9 Å². The maximum Gasteiger partial charge on any atom is 0.257 e. The highest BCUT2D eigenvalue weighted by Gasteiger charge is 2.20. The molecule has 1 aromatic carbocycles. The van der Waals surface area contributed by atoms with Crippen LogP contribution in [0.25, 0.3) is 0 Å². The monoisotopic (exact) mass is 387 g/mol. The van der Waals surface area contributed by atoms with E-state index in [-0.39, 0.29) is 11.3 Å². The fraction of sp³-hybridized carbons (Fsp3) is 0.308. The first-order chi connectivity index (χ1) is 8.86. The zero-order valence-electron chi connectivity index (χ0n) is 10.9. The molecule has 1 aromatic heterocycles. The lowest BCUT2D eigenvalue weighted by Gasteiger charge is -2.12. The van der Waals surface area contributed by atoms with Gasteiger partial charge in [-0.25, -0.2) is 0 Å². The second-order valence-corrected chi connectivity index (χ2v) is 7.35. The third kappa shape index (κ3) is 3.73. The molecule has 1 heterocycles. The van der Waals surface area contributed by atoms with Gasteiger partial charge in [0.1, 0.15) is 5.01 Å². The van der Waals surface area contributed by atoms with Crippen LogP contribution in [0.15, 0.2) is 24.3 Å². The molecule has 19 heavy (non-hydrogen) atoms. The van der Waals surface area contributed by atoms with Crippen molar-refractivity contribution in [3.05, 3.63) is 38.4 Å².